The van der Waals surface area contributed by atoms with Crippen LogP contribution in [0.4, 0.5) is 0 Å². The van der Waals surface area contributed by atoms with Gasteiger partial charge in [-0.3, -0.25) is 9.36 Å². The number of aromatic hydroxyl groups is 1. The Morgan fingerprint density at radius 3 is 2.50 bits per heavy atom. The zero-order valence-electron chi connectivity index (χ0n) is 7.12. The highest BCUT2D eigenvalue weighted by atomic mass is 31.2. The Labute approximate surface area is 80.2 Å². The third kappa shape index (κ3) is 2.96. The van der Waals surface area contributed by atoms with Gasteiger partial charge in [0.1, 0.15) is 12.0 Å². The standard InChI is InChI=1S/C8H9O5P/c9-4-6-1-2-8(10)7(3-6)5-14(11,12)13/h1-4,10H,5H2,(H2,11,12,13). The molecule has 5 nitrogen and oxygen atoms in total. The molecule has 0 amide bonds. The molecule has 0 atom stereocenters. The molecule has 1 rings (SSSR count). The van der Waals surface area contributed by atoms with Crippen molar-refractivity contribution in [1.29, 1.82) is 0 Å². The number of hydrogen-bond acceptors (Lipinski definition) is 3. The van der Waals surface area contributed by atoms with Crippen molar-refractivity contribution in [1.82, 2.24) is 0 Å². The Kier molecular flexibility index (Phi) is 3.06. The van der Waals surface area contributed by atoms with Gasteiger partial charge in [-0.15, -0.1) is 0 Å². The second-order valence-corrected chi connectivity index (χ2v) is 4.47. The molecule has 0 aliphatic rings. The van der Waals surface area contributed by atoms with Crippen molar-refractivity contribution in [3.63, 3.8) is 0 Å². The van der Waals surface area contributed by atoms with E-state index in [0.29, 0.717) is 6.29 Å². The predicted octanol–water partition coefficient (Wildman–Crippen LogP) is 0.882. The maximum absolute atomic E-state index is 10.6. The molecule has 0 aliphatic carbocycles. The van der Waals surface area contributed by atoms with Crippen molar-refractivity contribution < 1.29 is 24.3 Å². The highest BCUT2D eigenvalue weighted by molar-refractivity contribution is 7.50. The van der Waals surface area contributed by atoms with Crippen LogP contribution in [-0.2, 0) is 10.7 Å². The summed E-state index contributed by atoms with van der Waals surface area (Å²) in [7, 11) is -4.22. The predicted molar refractivity (Wildman–Crippen MR) is 49.2 cm³/mol. The maximum atomic E-state index is 10.6. The summed E-state index contributed by atoms with van der Waals surface area (Å²) in [6, 6.07) is 3.85. The quantitative estimate of drug-likeness (QED) is 0.515. The van der Waals surface area contributed by atoms with Gasteiger partial charge in [0.05, 0.1) is 6.16 Å². The van der Waals surface area contributed by atoms with Crippen LogP contribution in [0.1, 0.15) is 15.9 Å². The fraction of sp³-hybridized carbons (Fsp3) is 0.125. The lowest BCUT2D eigenvalue weighted by Crippen LogP contribution is -1.90. The molecule has 0 bridgehead atoms. The zero-order chi connectivity index (χ0) is 10.8. The van der Waals surface area contributed by atoms with Gasteiger partial charge < -0.3 is 14.9 Å². The van der Waals surface area contributed by atoms with Crippen LogP contribution in [0.15, 0.2) is 18.2 Å². The fourth-order valence-electron chi connectivity index (χ4n) is 1.03. The van der Waals surface area contributed by atoms with Crippen LogP contribution in [0.5, 0.6) is 5.75 Å². The molecule has 0 radical (unpaired) electrons. The van der Waals surface area contributed by atoms with Gasteiger partial charge in [-0.05, 0) is 18.2 Å². The number of phenolic OH excluding ortho intramolecular Hbond substituents is 1. The van der Waals surface area contributed by atoms with E-state index in [4.69, 9.17) is 9.79 Å². The van der Waals surface area contributed by atoms with Crippen LogP contribution < -0.4 is 0 Å². The number of carbonyl (C=O) groups excluding carboxylic acids is 1. The topological polar surface area (TPSA) is 94.8 Å². The summed E-state index contributed by atoms with van der Waals surface area (Å²) in [5.41, 5.74) is 0.342. The zero-order valence-corrected chi connectivity index (χ0v) is 8.02. The van der Waals surface area contributed by atoms with Gasteiger partial charge in [0.25, 0.3) is 0 Å². The van der Waals surface area contributed by atoms with Crippen LogP contribution in [-0.4, -0.2) is 21.2 Å². The Morgan fingerprint density at radius 1 is 1.36 bits per heavy atom. The first-order chi connectivity index (χ1) is 6.42. The molecule has 76 valence electrons. The summed E-state index contributed by atoms with van der Waals surface area (Å²) in [5.74, 6) is -0.223. The van der Waals surface area contributed by atoms with Gasteiger partial charge in [-0.1, -0.05) is 0 Å². The van der Waals surface area contributed by atoms with E-state index in [1.165, 1.54) is 18.2 Å². The monoisotopic (exact) mass is 216 g/mol. The first kappa shape index (κ1) is 10.9. The van der Waals surface area contributed by atoms with Crippen LogP contribution >= 0.6 is 7.60 Å². The number of rotatable bonds is 3. The highest BCUT2D eigenvalue weighted by Crippen LogP contribution is 2.41. The number of aldehydes is 1. The Bertz CT molecular complexity index is 395. The number of hydrogen-bond donors (Lipinski definition) is 3. The molecule has 0 heterocycles. The lowest BCUT2D eigenvalue weighted by atomic mass is 10.1. The molecule has 0 spiro atoms. The molecular formula is C8H9O5P. The second-order valence-electron chi connectivity index (χ2n) is 2.83. The van der Waals surface area contributed by atoms with E-state index in [9.17, 15) is 14.5 Å². The van der Waals surface area contributed by atoms with Crippen LogP contribution in [0.25, 0.3) is 0 Å². The average Bonchev–Trinajstić information content (AvgIpc) is 2.06. The van der Waals surface area contributed by atoms with E-state index < -0.39 is 13.8 Å². The Hall–Kier alpha value is -1.16. The first-order valence-electron chi connectivity index (χ1n) is 3.74. The van der Waals surface area contributed by atoms with Crippen molar-refractivity contribution in [2.45, 2.75) is 6.16 Å². The van der Waals surface area contributed by atoms with Crippen LogP contribution in [0.3, 0.4) is 0 Å². The smallest absolute Gasteiger partial charge is 0.330 e. The van der Waals surface area contributed by atoms with Crippen molar-refractivity contribution in [2.75, 3.05) is 0 Å². The van der Waals surface area contributed by atoms with Crippen LogP contribution in [0, 0.1) is 0 Å². The lowest BCUT2D eigenvalue weighted by molar-refractivity contribution is 0.112. The minimum atomic E-state index is -4.22. The number of carbonyl (C=O) groups is 1. The highest BCUT2D eigenvalue weighted by Gasteiger charge is 2.16. The van der Waals surface area contributed by atoms with Crippen molar-refractivity contribution >= 4 is 13.9 Å². The van der Waals surface area contributed by atoms with E-state index in [1.807, 2.05) is 0 Å². The summed E-state index contributed by atoms with van der Waals surface area (Å²) in [6.07, 6.45) is -0.0247. The van der Waals surface area contributed by atoms with Gasteiger partial charge in [0.2, 0.25) is 0 Å². The molecule has 0 aliphatic heterocycles. The summed E-state index contributed by atoms with van der Waals surface area (Å²) >= 11 is 0. The van der Waals surface area contributed by atoms with Crippen LogP contribution in [0.2, 0.25) is 0 Å². The fourth-order valence-corrected chi connectivity index (χ4v) is 1.72. The summed E-state index contributed by atoms with van der Waals surface area (Å²) in [4.78, 5) is 27.7. The number of benzene rings is 1. The minimum absolute atomic E-state index is 0.0722. The maximum Gasteiger partial charge on any atom is 0.330 e. The van der Waals surface area contributed by atoms with Crippen molar-refractivity contribution in [3.8, 4) is 5.75 Å². The third-order valence-corrected chi connectivity index (χ3v) is 2.37. The summed E-state index contributed by atoms with van der Waals surface area (Å²) < 4.78 is 10.6. The lowest BCUT2D eigenvalue weighted by Gasteiger charge is -2.06. The van der Waals surface area contributed by atoms with E-state index >= 15 is 0 Å². The molecule has 0 saturated carbocycles. The Morgan fingerprint density at radius 2 is 2.00 bits per heavy atom. The molecular weight excluding hydrogens is 207 g/mol. The molecule has 14 heavy (non-hydrogen) atoms. The Balaban J connectivity index is 3.07. The molecule has 6 heteroatoms. The largest absolute Gasteiger partial charge is 0.508 e. The minimum Gasteiger partial charge on any atom is -0.508 e. The van der Waals surface area contributed by atoms with E-state index in [-0.39, 0.29) is 16.9 Å². The molecule has 1 aromatic rings. The molecule has 0 unspecified atom stereocenters. The SMILES string of the molecule is O=Cc1ccc(O)c(CP(=O)(O)O)c1. The van der Waals surface area contributed by atoms with Gasteiger partial charge >= 0.3 is 7.60 Å². The van der Waals surface area contributed by atoms with Gasteiger partial charge in [0, 0.05) is 11.1 Å². The summed E-state index contributed by atoms with van der Waals surface area (Å²) in [5, 5.41) is 9.23. The van der Waals surface area contributed by atoms with Gasteiger partial charge in [-0.25, -0.2) is 0 Å². The number of phenols is 1. The molecule has 0 saturated heterocycles. The van der Waals surface area contributed by atoms with Crippen molar-refractivity contribution in [2.24, 2.45) is 0 Å². The van der Waals surface area contributed by atoms with E-state index in [0.717, 1.165) is 0 Å². The molecule has 0 fully saturated rings. The van der Waals surface area contributed by atoms with Gasteiger partial charge in [-0.2, -0.15) is 0 Å². The third-order valence-electron chi connectivity index (χ3n) is 1.62. The first-order valence-corrected chi connectivity index (χ1v) is 5.54. The summed E-state index contributed by atoms with van der Waals surface area (Å²) in [6.45, 7) is 0. The molecule has 1 aromatic carbocycles. The average molecular weight is 216 g/mol. The van der Waals surface area contributed by atoms with E-state index in [1.54, 1.807) is 0 Å². The molecule has 0 aromatic heterocycles. The normalized spacial score (nSPS) is 11.3. The van der Waals surface area contributed by atoms with Crippen molar-refractivity contribution in [3.05, 3.63) is 29.3 Å². The second kappa shape index (κ2) is 3.92. The van der Waals surface area contributed by atoms with E-state index in [2.05, 4.69) is 0 Å². The van der Waals surface area contributed by atoms with Gasteiger partial charge in [0.15, 0.2) is 0 Å². The molecule has 3 N–H and O–H groups in total.